The lowest BCUT2D eigenvalue weighted by atomic mass is 10.0. The van der Waals surface area contributed by atoms with Crippen LogP contribution in [0.3, 0.4) is 0 Å². The fourth-order valence-corrected chi connectivity index (χ4v) is 2.47. The van der Waals surface area contributed by atoms with Crippen molar-refractivity contribution in [2.24, 2.45) is 0 Å². The summed E-state index contributed by atoms with van der Waals surface area (Å²) in [6.45, 7) is 4.93. The van der Waals surface area contributed by atoms with Crippen molar-refractivity contribution in [1.82, 2.24) is 0 Å². The second-order valence-corrected chi connectivity index (χ2v) is 5.06. The molecule has 0 amide bonds. The van der Waals surface area contributed by atoms with Crippen molar-refractivity contribution >= 4 is 0 Å². The van der Waals surface area contributed by atoms with E-state index in [1.165, 1.54) is 0 Å². The van der Waals surface area contributed by atoms with Gasteiger partial charge in [0.1, 0.15) is 18.3 Å². The van der Waals surface area contributed by atoms with Gasteiger partial charge in [-0.25, -0.2) is 0 Å². The summed E-state index contributed by atoms with van der Waals surface area (Å²) < 4.78 is 28.3. The molecule has 0 spiro atoms. The van der Waals surface area contributed by atoms with Gasteiger partial charge in [0.05, 0.1) is 19.8 Å². The molecule has 2 rings (SSSR count). The Morgan fingerprint density at radius 2 is 1.91 bits per heavy atom. The van der Waals surface area contributed by atoms with Gasteiger partial charge in [0, 0.05) is 14.2 Å². The second kappa shape index (κ2) is 9.02. The molecule has 0 aromatic heterocycles. The van der Waals surface area contributed by atoms with Crippen LogP contribution in [0.15, 0.2) is 43.0 Å². The van der Waals surface area contributed by atoms with Crippen LogP contribution >= 0.6 is 0 Å². The van der Waals surface area contributed by atoms with E-state index in [4.69, 9.17) is 23.7 Å². The minimum Gasteiger partial charge on any atom is -0.376 e. The summed E-state index contributed by atoms with van der Waals surface area (Å²) in [6.07, 6.45) is 0.367. The quantitative estimate of drug-likeness (QED) is 0.689. The van der Waals surface area contributed by atoms with Crippen LogP contribution < -0.4 is 0 Å². The van der Waals surface area contributed by atoms with Crippen LogP contribution in [0.1, 0.15) is 5.56 Å². The molecule has 122 valence electrons. The monoisotopic (exact) mass is 308 g/mol. The highest BCUT2D eigenvalue weighted by atomic mass is 16.7. The Morgan fingerprint density at radius 3 is 2.55 bits per heavy atom. The summed E-state index contributed by atoms with van der Waals surface area (Å²) in [5, 5.41) is 0. The van der Waals surface area contributed by atoms with Gasteiger partial charge < -0.3 is 23.7 Å². The van der Waals surface area contributed by atoms with Crippen molar-refractivity contribution in [2.45, 2.75) is 31.2 Å². The molecule has 0 radical (unpaired) electrons. The van der Waals surface area contributed by atoms with E-state index in [1.807, 2.05) is 30.3 Å². The number of benzene rings is 1. The fraction of sp³-hybridized carbons (Fsp3) is 0.529. The third kappa shape index (κ3) is 4.38. The first-order valence-electron chi connectivity index (χ1n) is 7.35. The number of ether oxygens (including phenoxy) is 5. The van der Waals surface area contributed by atoms with E-state index in [9.17, 15) is 0 Å². The van der Waals surface area contributed by atoms with Crippen LogP contribution in [-0.4, -0.2) is 52.0 Å². The van der Waals surface area contributed by atoms with Crippen molar-refractivity contribution in [3.05, 3.63) is 48.6 Å². The standard InChI is InChI=1S/C17H24O5/c1-4-10-20-17-16(19-3)15(14(18-2)12-22-17)21-11-13-8-6-5-7-9-13/h4-9,14-17H,1,10-12H2,2-3H3. The van der Waals surface area contributed by atoms with Gasteiger partial charge in [-0.1, -0.05) is 36.4 Å². The Labute approximate surface area is 131 Å². The zero-order chi connectivity index (χ0) is 15.8. The summed E-state index contributed by atoms with van der Waals surface area (Å²) in [4.78, 5) is 0. The topological polar surface area (TPSA) is 46.2 Å². The molecule has 1 aromatic rings. The first-order chi connectivity index (χ1) is 10.8. The molecular weight excluding hydrogens is 284 g/mol. The van der Waals surface area contributed by atoms with Crippen molar-refractivity contribution in [3.63, 3.8) is 0 Å². The maximum atomic E-state index is 6.05. The lowest BCUT2D eigenvalue weighted by molar-refractivity contribution is -0.286. The number of rotatable bonds is 8. The van der Waals surface area contributed by atoms with Gasteiger partial charge >= 0.3 is 0 Å². The normalized spacial score (nSPS) is 28.5. The Balaban J connectivity index is 2.02. The molecule has 4 atom stereocenters. The van der Waals surface area contributed by atoms with Gasteiger partial charge in [-0.15, -0.1) is 6.58 Å². The van der Waals surface area contributed by atoms with Crippen LogP contribution in [0.5, 0.6) is 0 Å². The molecule has 1 heterocycles. The first kappa shape index (κ1) is 17.1. The minimum atomic E-state index is -0.491. The molecule has 0 bridgehead atoms. The maximum absolute atomic E-state index is 6.05. The first-order valence-corrected chi connectivity index (χ1v) is 7.35. The van der Waals surface area contributed by atoms with Crippen molar-refractivity contribution in [1.29, 1.82) is 0 Å². The molecule has 0 N–H and O–H groups in total. The Hall–Kier alpha value is -1.24. The van der Waals surface area contributed by atoms with Crippen molar-refractivity contribution in [3.8, 4) is 0 Å². The average molecular weight is 308 g/mol. The highest BCUT2D eigenvalue weighted by Gasteiger charge is 2.42. The molecule has 5 heteroatoms. The zero-order valence-electron chi connectivity index (χ0n) is 13.1. The highest BCUT2D eigenvalue weighted by molar-refractivity contribution is 5.13. The highest BCUT2D eigenvalue weighted by Crippen LogP contribution is 2.24. The smallest absolute Gasteiger partial charge is 0.186 e. The molecule has 1 aliphatic rings. The predicted octanol–water partition coefficient (Wildman–Crippen LogP) is 2.16. The van der Waals surface area contributed by atoms with E-state index in [2.05, 4.69) is 6.58 Å². The van der Waals surface area contributed by atoms with Gasteiger partial charge in [-0.05, 0) is 5.56 Å². The van der Waals surface area contributed by atoms with Crippen molar-refractivity contribution < 1.29 is 23.7 Å². The summed E-state index contributed by atoms with van der Waals surface area (Å²) >= 11 is 0. The molecule has 0 saturated carbocycles. The second-order valence-electron chi connectivity index (χ2n) is 5.06. The van der Waals surface area contributed by atoms with E-state index in [0.717, 1.165) is 5.56 Å². The number of hydrogen-bond donors (Lipinski definition) is 0. The van der Waals surface area contributed by atoms with Gasteiger partial charge in [-0.2, -0.15) is 0 Å². The molecule has 1 fully saturated rings. The molecule has 5 nitrogen and oxygen atoms in total. The molecule has 1 saturated heterocycles. The Morgan fingerprint density at radius 1 is 1.14 bits per heavy atom. The van der Waals surface area contributed by atoms with E-state index in [1.54, 1.807) is 20.3 Å². The summed E-state index contributed by atoms with van der Waals surface area (Å²) in [5.74, 6) is 0. The molecule has 4 unspecified atom stereocenters. The van der Waals surface area contributed by atoms with Crippen LogP contribution in [0.25, 0.3) is 0 Å². The van der Waals surface area contributed by atoms with Crippen molar-refractivity contribution in [2.75, 3.05) is 27.4 Å². The van der Waals surface area contributed by atoms with Gasteiger partial charge in [0.25, 0.3) is 0 Å². The lowest BCUT2D eigenvalue weighted by Crippen LogP contribution is -2.56. The predicted molar refractivity (Wildman–Crippen MR) is 82.5 cm³/mol. The number of methoxy groups -OCH3 is 2. The van der Waals surface area contributed by atoms with Gasteiger partial charge in [0.15, 0.2) is 6.29 Å². The van der Waals surface area contributed by atoms with Crippen LogP contribution in [0.4, 0.5) is 0 Å². The SMILES string of the molecule is C=CCOC1OCC(OC)C(OCc2ccccc2)C1OC. The number of hydrogen-bond acceptors (Lipinski definition) is 5. The molecular formula is C17H24O5. The van der Waals surface area contributed by atoms with Gasteiger partial charge in [0.2, 0.25) is 0 Å². The molecule has 1 aliphatic heterocycles. The molecule has 1 aromatic carbocycles. The summed E-state index contributed by atoms with van der Waals surface area (Å²) in [6, 6.07) is 10.00. The van der Waals surface area contributed by atoms with E-state index in [0.29, 0.717) is 19.8 Å². The third-order valence-corrected chi connectivity index (χ3v) is 3.62. The Bertz CT molecular complexity index is 436. The molecule has 22 heavy (non-hydrogen) atoms. The van der Waals surface area contributed by atoms with Crippen LogP contribution in [0.2, 0.25) is 0 Å². The van der Waals surface area contributed by atoms with Crippen LogP contribution in [0, 0.1) is 0 Å². The zero-order valence-corrected chi connectivity index (χ0v) is 13.1. The fourth-order valence-electron chi connectivity index (χ4n) is 2.47. The largest absolute Gasteiger partial charge is 0.376 e. The molecule has 0 aliphatic carbocycles. The lowest BCUT2D eigenvalue weighted by Gasteiger charge is -2.40. The van der Waals surface area contributed by atoms with Gasteiger partial charge in [-0.3, -0.25) is 0 Å². The summed E-state index contributed by atoms with van der Waals surface area (Å²) in [5.41, 5.74) is 1.10. The van der Waals surface area contributed by atoms with E-state index in [-0.39, 0.29) is 18.3 Å². The summed E-state index contributed by atoms with van der Waals surface area (Å²) in [7, 11) is 3.26. The third-order valence-electron chi connectivity index (χ3n) is 3.62. The minimum absolute atomic E-state index is 0.197. The average Bonchev–Trinajstić information content (AvgIpc) is 2.58. The Kier molecular flexibility index (Phi) is 7.02. The maximum Gasteiger partial charge on any atom is 0.186 e. The van der Waals surface area contributed by atoms with E-state index < -0.39 is 6.29 Å². The van der Waals surface area contributed by atoms with Crippen LogP contribution in [-0.2, 0) is 30.3 Å². The van der Waals surface area contributed by atoms with E-state index >= 15 is 0 Å².